The van der Waals surface area contributed by atoms with Crippen molar-refractivity contribution in [3.63, 3.8) is 0 Å². The number of nitrogens with zero attached hydrogens (tertiary/aromatic N) is 2. The van der Waals surface area contributed by atoms with E-state index in [1.165, 1.54) is 0 Å². The van der Waals surface area contributed by atoms with E-state index < -0.39 is 0 Å². The minimum absolute atomic E-state index is 0.213. The third kappa shape index (κ3) is 4.93. The summed E-state index contributed by atoms with van der Waals surface area (Å²) < 4.78 is 2.17. The summed E-state index contributed by atoms with van der Waals surface area (Å²) >= 11 is 0. The van der Waals surface area contributed by atoms with E-state index in [4.69, 9.17) is 0 Å². The predicted octanol–water partition coefficient (Wildman–Crippen LogP) is 5.65. The number of phenols is 1. The molecule has 0 radical (unpaired) electrons. The van der Waals surface area contributed by atoms with Gasteiger partial charge in [0.1, 0.15) is 5.75 Å². The van der Waals surface area contributed by atoms with Crippen molar-refractivity contribution in [2.24, 2.45) is 5.10 Å². The van der Waals surface area contributed by atoms with E-state index in [1.54, 1.807) is 36.6 Å². The highest BCUT2D eigenvalue weighted by atomic mass is 16.3. The summed E-state index contributed by atoms with van der Waals surface area (Å²) in [6.07, 6.45) is 3.83. The van der Waals surface area contributed by atoms with Crippen LogP contribution in [0.4, 0.5) is 0 Å². The van der Waals surface area contributed by atoms with Crippen LogP contribution in [0, 0.1) is 6.92 Å². The van der Waals surface area contributed by atoms with Crippen molar-refractivity contribution in [2.45, 2.75) is 13.3 Å². The highest BCUT2D eigenvalue weighted by Gasteiger charge is 2.11. The van der Waals surface area contributed by atoms with Gasteiger partial charge in [-0.3, -0.25) is 4.79 Å². The van der Waals surface area contributed by atoms with Gasteiger partial charge in [0.15, 0.2) is 0 Å². The van der Waals surface area contributed by atoms with Gasteiger partial charge >= 0.3 is 0 Å². The van der Waals surface area contributed by atoms with Gasteiger partial charge in [0.2, 0.25) is 0 Å². The van der Waals surface area contributed by atoms with Gasteiger partial charge < -0.3 is 9.67 Å². The molecule has 5 heteroatoms. The fraction of sp³-hybridized carbons (Fsp3) is 0.0714. The molecule has 0 saturated heterocycles. The molecule has 33 heavy (non-hydrogen) atoms. The molecule has 3 aromatic carbocycles. The maximum atomic E-state index is 12.5. The van der Waals surface area contributed by atoms with Crippen molar-refractivity contribution in [3.05, 3.63) is 120 Å². The lowest BCUT2D eigenvalue weighted by molar-refractivity contribution is 0.0955. The number of carbonyl (C=O) groups excluding carboxylic acids is 1. The topological polar surface area (TPSA) is 66.6 Å². The molecule has 0 spiro atoms. The maximum Gasteiger partial charge on any atom is 0.271 e. The van der Waals surface area contributed by atoms with Gasteiger partial charge in [-0.25, -0.2) is 5.43 Å². The lowest BCUT2D eigenvalue weighted by atomic mass is 10.1. The molecule has 0 saturated carbocycles. The molecule has 0 atom stereocenters. The number of hydrogen-bond donors (Lipinski definition) is 2. The number of rotatable bonds is 7. The summed E-state index contributed by atoms with van der Waals surface area (Å²) in [6.45, 7) is 5.75. The molecule has 0 aliphatic heterocycles. The molecule has 5 nitrogen and oxygen atoms in total. The summed E-state index contributed by atoms with van der Waals surface area (Å²) in [5.74, 6) is -0.0834. The van der Waals surface area contributed by atoms with Gasteiger partial charge in [-0.2, -0.15) is 5.10 Å². The highest BCUT2D eigenvalue weighted by molar-refractivity contribution is 5.95. The molecule has 4 aromatic rings. The number of aromatic nitrogens is 1. The average Bonchev–Trinajstić information content (AvgIpc) is 3.23. The zero-order valence-electron chi connectivity index (χ0n) is 18.4. The van der Waals surface area contributed by atoms with Gasteiger partial charge in [0, 0.05) is 16.9 Å². The zero-order chi connectivity index (χ0) is 23.2. The second kappa shape index (κ2) is 9.83. The van der Waals surface area contributed by atoms with Crippen LogP contribution in [0.3, 0.4) is 0 Å². The number of hydrazone groups is 1. The fourth-order valence-corrected chi connectivity index (χ4v) is 3.71. The van der Waals surface area contributed by atoms with Crippen molar-refractivity contribution >= 4 is 12.1 Å². The Morgan fingerprint density at radius 1 is 1.03 bits per heavy atom. The monoisotopic (exact) mass is 435 g/mol. The van der Waals surface area contributed by atoms with E-state index in [1.807, 2.05) is 36.4 Å². The predicted molar refractivity (Wildman–Crippen MR) is 133 cm³/mol. The standard InChI is InChI=1S/C28H25N3O2/c1-3-7-24-18-21(11-17-27(24)32)19-29-30-28(33)23-12-14-25(15-13-23)31-20(2)10-16-26(31)22-8-5-4-6-9-22/h3-6,8-19,32H,1,7H2,2H3,(H,30,33)/b29-19+. The molecular formula is C28H25N3O2. The van der Waals surface area contributed by atoms with Crippen LogP contribution in [0.15, 0.2) is 103 Å². The minimum atomic E-state index is -0.296. The maximum absolute atomic E-state index is 12.5. The first-order chi connectivity index (χ1) is 16.1. The third-order valence-corrected chi connectivity index (χ3v) is 5.38. The van der Waals surface area contributed by atoms with E-state index in [2.05, 4.69) is 52.9 Å². The van der Waals surface area contributed by atoms with Gasteiger partial charge in [-0.05, 0) is 84.6 Å². The number of phenolic OH excluding ortho intramolecular Hbond substituents is 1. The van der Waals surface area contributed by atoms with Gasteiger partial charge in [-0.15, -0.1) is 6.58 Å². The first-order valence-electron chi connectivity index (χ1n) is 10.7. The summed E-state index contributed by atoms with van der Waals surface area (Å²) in [4.78, 5) is 12.5. The molecule has 2 N–H and O–H groups in total. The summed E-state index contributed by atoms with van der Waals surface area (Å²) in [6, 6.07) is 27.0. The van der Waals surface area contributed by atoms with Crippen LogP contribution in [0.2, 0.25) is 0 Å². The Morgan fingerprint density at radius 3 is 2.52 bits per heavy atom. The van der Waals surface area contributed by atoms with E-state index in [9.17, 15) is 9.90 Å². The Kier molecular flexibility index (Phi) is 6.51. The number of allylic oxidation sites excluding steroid dienone is 1. The molecule has 0 bridgehead atoms. The number of carbonyl (C=O) groups is 1. The number of benzene rings is 3. The van der Waals surface area contributed by atoms with Crippen LogP contribution in [0.1, 0.15) is 27.2 Å². The number of aryl methyl sites for hydroxylation is 1. The third-order valence-electron chi connectivity index (χ3n) is 5.38. The van der Waals surface area contributed by atoms with Crippen LogP contribution < -0.4 is 5.43 Å². The van der Waals surface area contributed by atoms with Crippen LogP contribution in [-0.2, 0) is 6.42 Å². The SMILES string of the molecule is C=CCc1cc(/C=N/NC(=O)c2ccc(-n3c(C)ccc3-c3ccccc3)cc2)ccc1O. The largest absolute Gasteiger partial charge is 0.508 e. The fourth-order valence-electron chi connectivity index (χ4n) is 3.71. The highest BCUT2D eigenvalue weighted by Crippen LogP contribution is 2.26. The molecule has 164 valence electrons. The average molecular weight is 436 g/mol. The van der Waals surface area contributed by atoms with E-state index in [0.29, 0.717) is 12.0 Å². The van der Waals surface area contributed by atoms with Gasteiger partial charge in [0.05, 0.1) is 11.9 Å². The van der Waals surface area contributed by atoms with Crippen molar-refractivity contribution in [3.8, 4) is 22.7 Å². The molecule has 0 aliphatic carbocycles. The molecule has 4 rings (SSSR count). The van der Waals surface area contributed by atoms with E-state index >= 15 is 0 Å². The minimum Gasteiger partial charge on any atom is -0.508 e. The Morgan fingerprint density at radius 2 is 1.79 bits per heavy atom. The van der Waals surface area contributed by atoms with Gasteiger partial charge in [0.25, 0.3) is 5.91 Å². The van der Waals surface area contributed by atoms with Crippen LogP contribution in [0.25, 0.3) is 16.9 Å². The smallest absolute Gasteiger partial charge is 0.271 e. The Hall–Kier alpha value is -4.38. The molecule has 0 aliphatic rings. The normalized spacial score (nSPS) is 10.9. The zero-order valence-corrected chi connectivity index (χ0v) is 18.4. The Balaban J connectivity index is 1.48. The van der Waals surface area contributed by atoms with Gasteiger partial charge in [-0.1, -0.05) is 36.4 Å². The van der Waals surface area contributed by atoms with Crippen LogP contribution in [0.5, 0.6) is 5.75 Å². The Bertz CT molecular complexity index is 1300. The Labute approximate surface area is 193 Å². The molecule has 1 heterocycles. The van der Waals surface area contributed by atoms with Crippen LogP contribution in [-0.4, -0.2) is 21.8 Å². The van der Waals surface area contributed by atoms with Crippen molar-refractivity contribution in [1.29, 1.82) is 0 Å². The molecule has 1 aromatic heterocycles. The second-order valence-corrected chi connectivity index (χ2v) is 7.69. The molecular weight excluding hydrogens is 410 g/mol. The molecule has 0 fully saturated rings. The number of hydrogen-bond acceptors (Lipinski definition) is 3. The number of amides is 1. The van der Waals surface area contributed by atoms with Crippen molar-refractivity contribution in [2.75, 3.05) is 0 Å². The molecule has 1 amide bonds. The van der Waals surface area contributed by atoms with E-state index in [0.717, 1.165) is 33.8 Å². The van der Waals surface area contributed by atoms with Crippen molar-refractivity contribution in [1.82, 2.24) is 9.99 Å². The summed E-state index contributed by atoms with van der Waals surface area (Å²) in [7, 11) is 0. The second-order valence-electron chi connectivity index (χ2n) is 7.69. The van der Waals surface area contributed by atoms with E-state index in [-0.39, 0.29) is 11.7 Å². The quantitative estimate of drug-likeness (QED) is 0.224. The molecule has 0 unspecified atom stereocenters. The first kappa shape index (κ1) is 21.8. The lowest BCUT2D eigenvalue weighted by Gasteiger charge is -2.12. The summed E-state index contributed by atoms with van der Waals surface area (Å²) in [5.41, 5.74) is 8.92. The lowest BCUT2D eigenvalue weighted by Crippen LogP contribution is -2.17. The number of aromatic hydroxyl groups is 1. The number of nitrogens with one attached hydrogen (secondary N) is 1. The first-order valence-corrected chi connectivity index (χ1v) is 10.7. The van der Waals surface area contributed by atoms with Crippen LogP contribution >= 0.6 is 0 Å². The van der Waals surface area contributed by atoms with Crippen molar-refractivity contribution < 1.29 is 9.90 Å². The summed E-state index contributed by atoms with van der Waals surface area (Å²) in [5, 5.41) is 13.9.